The number of aliphatic imine (C=N–C) groups is 1. The second-order valence-corrected chi connectivity index (χ2v) is 2.83. The highest BCUT2D eigenvalue weighted by molar-refractivity contribution is 5.85. The Kier molecular flexibility index (Phi) is 3.11. The zero-order valence-electron chi connectivity index (χ0n) is 6.71. The summed E-state index contributed by atoms with van der Waals surface area (Å²) in [7, 11) is 0. The number of nitrogens with two attached hydrogens (primary N) is 2. The molecule has 62 valence electrons. The minimum Gasteiger partial charge on any atom is -0.387 e. The van der Waals surface area contributed by atoms with Crippen LogP contribution in [0.2, 0.25) is 0 Å². The fraction of sp³-hybridized carbons (Fsp3) is 0.625. The number of amidine groups is 1. The molecule has 3 nitrogen and oxygen atoms in total. The van der Waals surface area contributed by atoms with E-state index in [1.807, 2.05) is 6.20 Å². The summed E-state index contributed by atoms with van der Waals surface area (Å²) < 4.78 is 0. The topological polar surface area (TPSA) is 64.4 Å². The molecule has 0 saturated carbocycles. The van der Waals surface area contributed by atoms with Crippen molar-refractivity contribution in [2.24, 2.45) is 16.5 Å². The van der Waals surface area contributed by atoms with Crippen LogP contribution in [0.3, 0.4) is 0 Å². The van der Waals surface area contributed by atoms with E-state index in [-0.39, 0.29) is 0 Å². The molecule has 0 aromatic rings. The van der Waals surface area contributed by atoms with Crippen molar-refractivity contribution in [2.45, 2.75) is 25.7 Å². The largest absolute Gasteiger partial charge is 0.387 e. The predicted octanol–water partition coefficient (Wildman–Crippen LogP) is 0.760. The minimum atomic E-state index is 0.743. The van der Waals surface area contributed by atoms with Crippen LogP contribution in [-0.2, 0) is 0 Å². The van der Waals surface area contributed by atoms with Crippen molar-refractivity contribution in [3.05, 3.63) is 11.8 Å². The molecule has 0 radical (unpaired) electrons. The van der Waals surface area contributed by atoms with Crippen molar-refractivity contribution >= 4 is 5.84 Å². The summed E-state index contributed by atoms with van der Waals surface area (Å²) in [6.45, 7) is 0.781. The van der Waals surface area contributed by atoms with Gasteiger partial charge in [-0.15, -0.1) is 0 Å². The van der Waals surface area contributed by atoms with E-state index in [0.717, 1.165) is 38.1 Å². The quantitative estimate of drug-likeness (QED) is 0.586. The third-order valence-corrected chi connectivity index (χ3v) is 1.77. The third-order valence-electron chi connectivity index (χ3n) is 1.77. The first-order valence-electron chi connectivity index (χ1n) is 4.03. The van der Waals surface area contributed by atoms with Crippen molar-refractivity contribution < 1.29 is 0 Å². The Morgan fingerprint density at radius 3 is 2.82 bits per heavy atom. The molecule has 11 heavy (non-hydrogen) atoms. The molecule has 1 aliphatic heterocycles. The average Bonchev–Trinajstić information content (AvgIpc) is 2.37. The summed E-state index contributed by atoms with van der Waals surface area (Å²) in [6, 6.07) is 0. The van der Waals surface area contributed by atoms with Crippen LogP contribution in [0.1, 0.15) is 25.7 Å². The Labute approximate surface area is 67.2 Å². The summed E-state index contributed by atoms with van der Waals surface area (Å²) in [6.07, 6.45) is 6.10. The number of rotatable bonds is 4. The molecule has 0 aliphatic carbocycles. The van der Waals surface area contributed by atoms with Crippen LogP contribution in [0.25, 0.3) is 0 Å². The van der Waals surface area contributed by atoms with Gasteiger partial charge in [0.05, 0.1) is 0 Å². The van der Waals surface area contributed by atoms with Crippen molar-refractivity contribution in [1.29, 1.82) is 0 Å². The molecule has 0 amide bonds. The maximum Gasteiger partial charge on any atom is 0.103 e. The highest BCUT2D eigenvalue weighted by Gasteiger charge is 2.05. The molecule has 0 aromatic carbocycles. The van der Waals surface area contributed by atoms with Gasteiger partial charge in [-0.1, -0.05) is 0 Å². The van der Waals surface area contributed by atoms with E-state index < -0.39 is 0 Å². The van der Waals surface area contributed by atoms with E-state index in [4.69, 9.17) is 11.5 Å². The molecular weight excluding hydrogens is 138 g/mol. The van der Waals surface area contributed by atoms with Gasteiger partial charge < -0.3 is 11.5 Å². The molecule has 4 N–H and O–H groups in total. The zero-order chi connectivity index (χ0) is 8.10. The Balaban J connectivity index is 2.11. The fourth-order valence-corrected chi connectivity index (χ4v) is 1.15. The normalized spacial score (nSPS) is 16.5. The van der Waals surface area contributed by atoms with Crippen molar-refractivity contribution in [1.82, 2.24) is 0 Å². The van der Waals surface area contributed by atoms with E-state index in [1.165, 1.54) is 5.57 Å². The van der Waals surface area contributed by atoms with Crippen LogP contribution < -0.4 is 11.5 Å². The first-order chi connectivity index (χ1) is 5.33. The van der Waals surface area contributed by atoms with Gasteiger partial charge in [0.15, 0.2) is 0 Å². The van der Waals surface area contributed by atoms with Crippen molar-refractivity contribution in [3.8, 4) is 0 Å². The van der Waals surface area contributed by atoms with E-state index in [0.29, 0.717) is 0 Å². The standard InChI is InChI=1S/C8H15N3/c9-4-2-1-3-7-5-8(10)11-6-7/h6H,1-5,9H2,(H2,10,11). The predicted molar refractivity (Wildman–Crippen MR) is 47.2 cm³/mol. The van der Waals surface area contributed by atoms with Crippen LogP contribution in [-0.4, -0.2) is 12.4 Å². The van der Waals surface area contributed by atoms with Gasteiger partial charge >= 0.3 is 0 Å². The van der Waals surface area contributed by atoms with Crippen molar-refractivity contribution in [3.63, 3.8) is 0 Å². The molecule has 1 heterocycles. The molecule has 0 atom stereocenters. The third kappa shape index (κ3) is 2.72. The molecule has 1 aliphatic rings. The van der Waals surface area contributed by atoms with Gasteiger partial charge in [-0.05, 0) is 31.4 Å². The molecule has 0 saturated heterocycles. The van der Waals surface area contributed by atoms with Crippen molar-refractivity contribution in [2.75, 3.05) is 6.54 Å². The number of unbranched alkanes of at least 4 members (excludes halogenated alkanes) is 1. The summed E-state index contributed by atoms with van der Waals surface area (Å²) in [5.41, 5.74) is 12.2. The first-order valence-corrected chi connectivity index (χ1v) is 4.03. The Bertz CT molecular complexity index is 182. The molecule has 0 spiro atoms. The van der Waals surface area contributed by atoms with Gasteiger partial charge in [-0.2, -0.15) is 0 Å². The van der Waals surface area contributed by atoms with E-state index in [2.05, 4.69) is 4.99 Å². The van der Waals surface area contributed by atoms with Crippen LogP contribution in [0.4, 0.5) is 0 Å². The van der Waals surface area contributed by atoms with Gasteiger partial charge in [0.2, 0.25) is 0 Å². The summed E-state index contributed by atoms with van der Waals surface area (Å²) in [5, 5.41) is 0. The van der Waals surface area contributed by atoms with Crippen LogP contribution in [0, 0.1) is 0 Å². The zero-order valence-corrected chi connectivity index (χ0v) is 6.71. The van der Waals surface area contributed by atoms with Crippen LogP contribution in [0.15, 0.2) is 16.8 Å². The maximum atomic E-state index is 5.50. The Morgan fingerprint density at radius 1 is 1.45 bits per heavy atom. The highest BCUT2D eigenvalue weighted by atomic mass is 14.9. The molecule has 3 heteroatoms. The second-order valence-electron chi connectivity index (χ2n) is 2.83. The van der Waals surface area contributed by atoms with Crippen LogP contribution in [0.5, 0.6) is 0 Å². The Hall–Kier alpha value is -0.830. The maximum absolute atomic E-state index is 5.50. The SMILES string of the molecule is NCCCCC1=CN=C(N)C1. The van der Waals surface area contributed by atoms with Gasteiger partial charge in [-0.3, -0.25) is 0 Å². The lowest BCUT2D eigenvalue weighted by atomic mass is 10.1. The molecule has 0 aromatic heterocycles. The van der Waals surface area contributed by atoms with Gasteiger partial charge in [-0.25, -0.2) is 4.99 Å². The lowest BCUT2D eigenvalue weighted by Crippen LogP contribution is -2.08. The number of hydrogen-bond acceptors (Lipinski definition) is 3. The minimum absolute atomic E-state index is 0.743. The molecule has 0 bridgehead atoms. The lowest BCUT2D eigenvalue weighted by Gasteiger charge is -1.99. The van der Waals surface area contributed by atoms with E-state index >= 15 is 0 Å². The van der Waals surface area contributed by atoms with E-state index in [9.17, 15) is 0 Å². The first kappa shape index (κ1) is 8.27. The monoisotopic (exact) mass is 153 g/mol. The summed E-state index contributed by atoms with van der Waals surface area (Å²) in [5.74, 6) is 0.743. The van der Waals surface area contributed by atoms with Gasteiger partial charge in [0.1, 0.15) is 5.84 Å². The lowest BCUT2D eigenvalue weighted by molar-refractivity contribution is 0.735. The molecule has 1 rings (SSSR count). The number of hydrogen-bond donors (Lipinski definition) is 2. The van der Waals surface area contributed by atoms with Crippen LogP contribution >= 0.6 is 0 Å². The molecule has 0 fully saturated rings. The summed E-state index contributed by atoms with van der Waals surface area (Å²) >= 11 is 0. The van der Waals surface area contributed by atoms with Gasteiger partial charge in [0.25, 0.3) is 0 Å². The average molecular weight is 153 g/mol. The smallest absolute Gasteiger partial charge is 0.103 e. The summed E-state index contributed by atoms with van der Waals surface area (Å²) in [4.78, 5) is 4.00. The number of nitrogens with zero attached hydrogens (tertiary/aromatic N) is 1. The van der Waals surface area contributed by atoms with Gasteiger partial charge in [0, 0.05) is 12.6 Å². The molecule has 0 unspecified atom stereocenters. The van der Waals surface area contributed by atoms with E-state index in [1.54, 1.807) is 0 Å². The molecular formula is C8H15N3. The Morgan fingerprint density at radius 2 is 2.27 bits per heavy atom. The second kappa shape index (κ2) is 4.13. The highest BCUT2D eigenvalue weighted by Crippen LogP contribution is 2.15. The fourth-order valence-electron chi connectivity index (χ4n) is 1.15.